The molecule has 1 aromatic heterocycles. The maximum Gasteiger partial charge on any atom is 0.359 e. The van der Waals surface area contributed by atoms with Crippen LogP contribution >= 0.6 is 0 Å². The van der Waals surface area contributed by atoms with Crippen LogP contribution < -0.4 is 4.74 Å². The summed E-state index contributed by atoms with van der Waals surface area (Å²) in [7, 11) is 0. The van der Waals surface area contributed by atoms with Crippen molar-refractivity contribution in [1.29, 1.82) is 0 Å². The Morgan fingerprint density at radius 1 is 1.48 bits per heavy atom. The Morgan fingerprint density at radius 3 is 3.04 bits per heavy atom. The van der Waals surface area contributed by atoms with Crippen molar-refractivity contribution in [2.45, 2.75) is 26.2 Å². The molecule has 0 spiro atoms. The number of nitrogens with one attached hydrogen (secondary N) is 1. The van der Waals surface area contributed by atoms with Gasteiger partial charge in [-0.3, -0.25) is 0 Å². The molecule has 6 heteroatoms. The van der Waals surface area contributed by atoms with Gasteiger partial charge in [-0.1, -0.05) is 35.1 Å². The third kappa shape index (κ3) is 3.69. The molecule has 1 aliphatic rings. The highest BCUT2D eigenvalue weighted by atomic mass is 16.5. The maximum absolute atomic E-state index is 11.0. The van der Waals surface area contributed by atoms with Gasteiger partial charge in [-0.25, -0.2) is 9.89 Å². The molecule has 0 saturated heterocycles. The van der Waals surface area contributed by atoms with Crippen molar-refractivity contribution in [3.05, 3.63) is 35.5 Å². The van der Waals surface area contributed by atoms with Gasteiger partial charge in [0.25, 0.3) is 5.88 Å². The summed E-state index contributed by atoms with van der Waals surface area (Å²) in [6, 6.07) is 7.19. The summed E-state index contributed by atoms with van der Waals surface area (Å²) in [5, 5.41) is 18.4. The fraction of sp³-hybridized carbons (Fsp3) is 0.353. The number of aromatic nitrogens is 3. The van der Waals surface area contributed by atoms with E-state index in [-0.39, 0.29) is 11.6 Å². The predicted octanol–water partition coefficient (Wildman–Crippen LogP) is 3.08. The van der Waals surface area contributed by atoms with Crippen molar-refractivity contribution in [3.63, 3.8) is 0 Å². The largest absolute Gasteiger partial charge is 0.476 e. The van der Waals surface area contributed by atoms with Gasteiger partial charge >= 0.3 is 5.97 Å². The van der Waals surface area contributed by atoms with Gasteiger partial charge in [0, 0.05) is 12.0 Å². The maximum atomic E-state index is 11.0. The second kappa shape index (κ2) is 6.53. The number of benzene rings is 1. The Bertz CT molecular complexity index is 767. The lowest BCUT2D eigenvalue weighted by molar-refractivity contribution is 0.0687. The minimum Gasteiger partial charge on any atom is -0.476 e. The standard InChI is InChI=1S/C17H17N3O3/c1-11-8-13(9-11)6-2-4-12-5-3-7-14(10-12)23-16-15(17(21)22)18-20-19-16/h3,5,7,10-11,13H,6,8-9H2,1H3,(H,21,22)(H,18,19,20). The molecule has 23 heavy (non-hydrogen) atoms. The minimum absolute atomic E-state index is 0.0638. The van der Waals surface area contributed by atoms with Crippen LogP contribution in [0.3, 0.4) is 0 Å². The first-order chi connectivity index (χ1) is 11.1. The predicted molar refractivity (Wildman–Crippen MR) is 83.2 cm³/mol. The molecule has 1 heterocycles. The first kappa shape index (κ1) is 15.1. The van der Waals surface area contributed by atoms with E-state index in [2.05, 4.69) is 34.2 Å². The van der Waals surface area contributed by atoms with Crippen molar-refractivity contribution in [2.24, 2.45) is 11.8 Å². The minimum atomic E-state index is -1.17. The molecular formula is C17H17N3O3. The molecule has 1 saturated carbocycles. The number of ether oxygens (including phenoxy) is 1. The molecule has 1 fully saturated rings. The molecule has 0 bridgehead atoms. The van der Waals surface area contributed by atoms with E-state index in [0.717, 1.165) is 23.8 Å². The SMILES string of the molecule is CC1CC(CC#Cc2cccc(Oc3nn[nH]c3C(=O)O)c2)C1. The van der Waals surface area contributed by atoms with E-state index in [1.807, 2.05) is 12.1 Å². The lowest BCUT2D eigenvalue weighted by Crippen LogP contribution is -2.20. The van der Waals surface area contributed by atoms with Crippen molar-refractivity contribution < 1.29 is 14.6 Å². The molecular weight excluding hydrogens is 294 g/mol. The van der Waals surface area contributed by atoms with E-state index < -0.39 is 5.97 Å². The molecule has 3 rings (SSSR count). The van der Waals surface area contributed by atoms with Gasteiger partial charge in [0.15, 0.2) is 0 Å². The Labute approximate surface area is 133 Å². The smallest absolute Gasteiger partial charge is 0.359 e. The van der Waals surface area contributed by atoms with E-state index in [9.17, 15) is 4.79 Å². The summed E-state index contributed by atoms with van der Waals surface area (Å²) in [4.78, 5) is 11.0. The second-order valence-corrected chi connectivity index (χ2v) is 5.88. The summed E-state index contributed by atoms with van der Waals surface area (Å²) in [5.74, 6) is 7.14. The highest BCUT2D eigenvalue weighted by Crippen LogP contribution is 2.35. The molecule has 0 aliphatic heterocycles. The van der Waals surface area contributed by atoms with Gasteiger partial charge in [-0.05, 0) is 42.9 Å². The topological polar surface area (TPSA) is 88.1 Å². The molecule has 2 aromatic rings. The number of aromatic amines is 1. The third-order valence-corrected chi connectivity index (χ3v) is 3.87. The van der Waals surface area contributed by atoms with Crippen molar-refractivity contribution >= 4 is 5.97 Å². The van der Waals surface area contributed by atoms with Crippen molar-refractivity contribution in [2.75, 3.05) is 0 Å². The highest BCUT2D eigenvalue weighted by Gasteiger charge is 2.23. The lowest BCUT2D eigenvalue weighted by atomic mass is 9.75. The molecule has 118 valence electrons. The Kier molecular flexibility index (Phi) is 4.29. The first-order valence-electron chi connectivity index (χ1n) is 7.53. The average Bonchev–Trinajstić information content (AvgIpc) is 2.94. The van der Waals surface area contributed by atoms with Crippen LogP contribution in [0.1, 0.15) is 42.2 Å². The molecule has 0 atom stereocenters. The highest BCUT2D eigenvalue weighted by molar-refractivity contribution is 5.87. The zero-order valence-electron chi connectivity index (χ0n) is 12.7. The van der Waals surface area contributed by atoms with Gasteiger partial charge in [-0.15, -0.1) is 0 Å². The van der Waals surface area contributed by atoms with Gasteiger partial charge in [0.1, 0.15) is 5.75 Å². The van der Waals surface area contributed by atoms with Crippen LogP contribution in [0.15, 0.2) is 24.3 Å². The van der Waals surface area contributed by atoms with Crippen LogP contribution in [0.5, 0.6) is 11.6 Å². The molecule has 1 aliphatic carbocycles. The van der Waals surface area contributed by atoms with E-state index in [1.165, 1.54) is 12.8 Å². The van der Waals surface area contributed by atoms with Crippen LogP contribution in [0.2, 0.25) is 0 Å². The number of nitrogens with zero attached hydrogens (tertiary/aromatic N) is 2. The van der Waals surface area contributed by atoms with Crippen molar-refractivity contribution in [3.8, 4) is 23.5 Å². The van der Waals surface area contributed by atoms with Gasteiger partial charge in [0.2, 0.25) is 5.69 Å². The molecule has 0 amide bonds. The fourth-order valence-corrected chi connectivity index (χ4v) is 2.71. The number of rotatable bonds is 4. The molecule has 6 nitrogen and oxygen atoms in total. The van der Waals surface area contributed by atoms with Gasteiger partial charge in [-0.2, -0.15) is 0 Å². The van der Waals surface area contributed by atoms with Crippen LogP contribution in [-0.2, 0) is 0 Å². The quantitative estimate of drug-likeness (QED) is 0.847. The Balaban J connectivity index is 1.66. The number of carboxylic acids is 1. The summed E-state index contributed by atoms with van der Waals surface area (Å²) in [6.07, 6.45) is 3.45. The van der Waals surface area contributed by atoms with Crippen LogP contribution in [0.25, 0.3) is 0 Å². The monoisotopic (exact) mass is 311 g/mol. The van der Waals surface area contributed by atoms with Crippen LogP contribution in [-0.4, -0.2) is 26.5 Å². The molecule has 0 unspecified atom stereocenters. The third-order valence-electron chi connectivity index (χ3n) is 3.87. The van der Waals surface area contributed by atoms with E-state index >= 15 is 0 Å². The van der Waals surface area contributed by atoms with Crippen LogP contribution in [0, 0.1) is 23.7 Å². The van der Waals surface area contributed by atoms with Crippen LogP contribution in [0.4, 0.5) is 0 Å². The molecule has 0 radical (unpaired) electrons. The van der Waals surface area contributed by atoms with E-state index in [1.54, 1.807) is 12.1 Å². The number of aromatic carboxylic acids is 1. The summed E-state index contributed by atoms with van der Waals surface area (Å²) in [6.45, 7) is 2.26. The number of hydrogen-bond acceptors (Lipinski definition) is 4. The zero-order chi connectivity index (χ0) is 16.2. The normalized spacial score (nSPS) is 19.3. The fourth-order valence-electron chi connectivity index (χ4n) is 2.71. The second-order valence-electron chi connectivity index (χ2n) is 5.88. The van der Waals surface area contributed by atoms with E-state index in [0.29, 0.717) is 5.75 Å². The number of H-pyrrole nitrogens is 1. The first-order valence-corrected chi connectivity index (χ1v) is 7.53. The number of carboxylic acid groups (broad SMARTS) is 1. The Hall–Kier alpha value is -2.81. The summed E-state index contributed by atoms with van der Waals surface area (Å²) < 4.78 is 5.47. The summed E-state index contributed by atoms with van der Waals surface area (Å²) in [5.41, 5.74) is 0.649. The molecule has 2 N–H and O–H groups in total. The Morgan fingerprint density at radius 2 is 2.30 bits per heavy atom. The zero-order valence-corrected chi connectivity index (χ0v) is 12.7. The van der Waals surface area contributed by atoms with Crippen molar-refractivity contribution in [1.82, 2.24) is 15.4 Å². The van der Waals surface area contributed by atoms with E-state index in [4.69, 9.17) is 9.84 Å². The lowest BCUT2D eigenvalue weighted by Gasteiger charge is -2.30. The number of carbonyl (C=O) groups is 1. The van der Waals surface area contributed by atoms with Gasteiger partial charge in [0.05, 0.1) is 0 Å². The number of hydrogen-bond donors (Lipinski definition) is 2. The average molecular weight is 311 g/mol. The van der Waals surface area contributed by atoms with Gasteiger partial charge < -0.3 is 9.84 Å². The summed E-state index contributed by atoms with van der Waals surface area (Å²) >= 11 is 0. The molecule has 1 aromatic carbocycles.